The van der Waals surface area contributed by atoms with Crippen molar-refractivity contribution < 1.29 is 13.4 Å². The van der Waals surface area contributed by atoms with Gasteiger partial charge in [-0.25, -0.2) is 4.39 Å². The van der Waals surface area contributed by atoms with Crippen LogP contribution in [0.2, 0.25) is 0 Å². The van der Waals surface area contributed by atoms with Crippen molar-refractivity contribution in [2.24, 2.45) is 0 Å². The normalized spacial score (nSPS) is 17.8. The first kappa shape index (κ1) is 13.4. The summed E-state index contributed by atoms with van der Waals surface area (Å²) in [6.45, 7) is 2.28. The van der Waals surface area contributed by atoms with Gasteiger partial charge in [-0.1, -0.05) is 0 Å². The fourth-order valence-electron chi connectivity index (χ4n) is 1.94. The third-order valence-electron chi connectivity index (χ3n) is 3.09. The number of carbonyl (C=O) groups excluding carboxylic acids is 1. The molecule has 0 radical (unpaired) electrons. The quantitative estimate of drug-likeness (QED) is 0.777. The first-order chi connectivity index (χ1) is 8.65. The predicted octanol–water partition coefficient (Wildman–Crippen LogP) is 1.46. The van der Waals surface area contributed by atoms with E-state index in [2.05, 4.69) is 4.90 Å². The topological polar surface area (TPSA) is 37.4 Å². The SMILES string of the molecule is O=C(CCN1CCS(=O)CC1)c1ccc(F)cc1. The second kappa shape index (κ2) is 6.20. The predicted molar refractivity (Wildman–Crippen MR) is 69.7 cm³/mol. The highest BCUT2D eigenvalue weighted by Crippen LogP contribution is 2.08. The Balaban J connectivity index is 1.81. The molecule has 3 nitrogen and oxygen atoms in total. The third kappa shape index (κ3) is 3.71. The van der Waals surface area contributed by atoms with Crippen molar-refractivity contribution in [1.29, 1.82) is 0 Å². The van der Waals surface area contributed by atoms with Crippen LogP contribution in [0.1, 0.15) is 16.8 Å². The summed E-state index contributed by atoms with van der Waals surface area (Å²) in [5.41, 5.74) is 0.553. The third-order valence-corrected chi connectivity index (χ3v) is 4.37. The minimum Gasteiger partial charge on any atom is -0.301 e. The Morgan fingerprint density at radius 3 is 2.44 bits per heavy atom. The molecule has 1 aromatic carbocycles. The Morgan fingerprint density at radius 1 is 1.22 bits per heavy atom. The van der Waals surface area contributed by atoms with E-state index in [1.165, 1.54) is 24.3 Å². The van der Waals surface area contributed by atoms with Gasteiger partial charge in [0.15, 0.2) is 5.78 Å². The Morgan fingerprint density at radius 2 is 1.83 bits per heavy atom. The lowest BCUT2D eigenvalue weighted by molar-refractivity contribution is 0.0966. The molecule has 0 bridgehead atoms. The number of nitrogens with zero attached hydrogens (tertiary/aromatic N) is 1. The van der Waals surface area contributed by atoms with Crippen LogP contribution in [0.5, 0.6) is 0 Å². The highest BCUT2D eigenvalue weighted by molar-refractivity contribution is 7.85. The van der Waals surface area contributed by atoms with Crippen molar-refractivity contribution in [2.75, 3.05) is 31.1 Å². The molecule has 1 aromatic rings. The maximum atomic E-state index is 12.7. The average molecular weight is 269 g/mol. The summed E-state index contributed by atoms with van der Waals surface area (Å²) in [6, 6.07) is 5.64. The molecule has 0 saturated carbocycles. The summed E-state index contributed by atoms with van der Waals surface area (Å²) in [5, 5.41) is 0. The van der Waals surface area contributed by atoms with Crippen molar-refractivity contribution in [3.05, 3.63) is 35.6 Å². The minimum atomic E-state index is -0.682. The summed E-state index contributed by atoms with van der Waals surface area (Å²) in [5.74, 6) is 1.10. The first-order valence-electron chi connectivity index (χ1n) is 6.01. The Labute approximate surface area is 108 Å². The van der Waals surface area contributed by atoms with Crippen LogP contribution in [-0.2, 0) is 10.8 Å². The molecule has 98 valence electrons. The Hall–Kier alpha value is -1.07. The molecule has 0 N–H and O–H groups in total. The number of ketones is 1. The van der Waals surface area contributed by atoms with Crippen molar-refractivity contribution in [1.82, 2.24) is 4.90 Å². The molecule has 1 aliphatic heterocycles. The van der Waals surface area contributed by atoms with Gasteiger partial charge < -0.3 is 4.90 Å². The van der Waals surface area contributed by atoms with E-state index in [-0.39, 0.29) is 11.6 Å². The molecule has 1 heterocycles. The van der Waals surface area contributed by atoms with E-state index >= 15 is 0 Å². The summed E-state index contributed by atoms with van der Waals surface area (Å²) in [4.78, 5) is 14.0. The number of hydrogen-bond acceptors (Lipinski definition) is 3. The van der Waals surface area contributed by atoms with E-state index in [1.54, 1.807) is 0 Å². The number of carbonyl (C=O) groups is 1. The minimum absolute atomic E-state index is 0.0293. The van der Waals surface area contributed by atoms with Gasteiger partial charge in [0.2, 0.25) is 0 Å². The van der Waals surface area contributed by atoms with Crippen LogP contribution in [0.4, 0.5) is 4.39 Å². The van der Waals surface area contributed by atoms with Gasteiger partial charge in [-0.3, -0.25) is 9.00 Å². The summed E-state index contributed by atoms with van der Waals surface area (Å²) in [6.07, 6.45) is 0.429. The summed E-state index contributed by atoms with van der Waals surface area (Å²) >= 11 is 0. The molecular weight excluding hydrogens is 253 g/mol. The number of Topliss-reactive ketones (excluding diaryl/α,β-unsaturated/α-hetero) is 1. The first-order valence-corrected chi connectivity index (χ1v) is 7.50. The molecule has 5 heteroatoms. The molecule has 18 heavy (non-hydrogen) atoms. The zero-order valence-electron chi connectivity index (χ0n) is 10.1. The fraction of sp³-hybridized carbons (Fsp3) is 0.462. The van der Waals surface area contributed by atoms with Crippen LogP contribution in [-0.4, -0.2) is 46.0 Å². The number of benzene rings is 1. The Bertz CT molecular complexity index is 437. The van der Waals surface area contributed by atoms with Crippen LogP contribution >= 0.6 is 0 Å². The van der Waals surface area contributed by atoms with E-state index in [9.17, 15) is 13.4 Å². The molecule has 0 atom stereocenters. The van der Waals surface area contributed by atoms with Gasteiger partial charge in [0.05, 0.1) is 0 Å². The van der Waals surface area contributed by atoms with Gasteiger partial charge >= 0.3 is 0 Å². The standard InChI is InChI=1S/C13H16FNO2S/c14-12-3-1-11(2-4-12)13(16)5-6-15-7-9-18(17)10-8-15/h1-4H,5-10H2. The van der Waals surface area contributed by atoms with Crippen molar-refractivity contribution in [2.45, 2.75) is 6.42 Å². The van der Waals surface area contributed by atoms with Gasteiger partial charge in [-0.2, -0.15) is 0 Å². The van der Waals surface area contributed by atoms with Gasteiger partial charge in [0.25, 0.3) is 0 Å². The largest absolute Gasteiger partial charge is 0.301 e. The van der Waals surface area contributed by atoms with Gasteiger partial charge in [-0.15, -0.1) is 0 Å². The van der Waals surface area contributed by atoms with Crippen LogP contribution in [0, 0.1) is 5.82 Å². The number of hydrogen-bond donors (Lipinski definition) is 0. The zero-order chi connectivity index (χ0) is 13.0. The van der Waals surface area contributed by atoms with Gasteiger partial charge in [0.1, 0.15) is 5.82 Å². The average Bonchev–Trinajstić information content (AvgIpc) is 2.38. The highest BCUT2D eigenvalue weighted by Gasteiger charge is 2.16. The van der Waals surface area contributed by atoms with Crippen molar-refractivity contribution in [3.63, 3.8) is 0 Å². The summed E-state index contributed by atoms with van der Waals surface area (Å²) in [7, 11) is -0.682. The highest BCUT2D eigenvalue weighted by atomic mass is 32.2. The van der Waals surface area contributed by atoms with Crippen molar-refractivity contribution in [3.8, 4) is 0 Å². The molecule has 0 spiro atoms. The van der Waals surface area contributed by atoms with E-state index in [4.69, 9.17) is 0 Å². The second-order valence-corrected chi connectivity index (χ2v) is 6.07. The molecule has 1 fully saturated rings. The number of halogens is 1. The lowest BCUT2D eigenvalue weighted by Gasteiger charge is -2.25. The van der Waals surface area contributed by atoms with Crippen LogP contribution in [0.15, 0.2) is 24.3 Å². The second-order valence-electron chi connectivity index (χ2n) is 4.37. The van der Waals surface area contributed by atoms with Crippen LogP contribution in [0.3, 0.4) is 0 Å². The maximum Gasteiger partial charge on any atom is 0.164 e. The van der Waals surface area contributed by atoms with Crippen LogP contribution in [0.25, 0.3) is 0 Å². The van der Waals surface area contributed by atoms with E-state index in [1.807, 2.05) is 0 Å². The van der Waals surface area contributed by atoms with Crippen LogP contribution < -0.4 is 0 Å². The smallest absolute Gasteiger partial charge is 0.164 e. The number of rotatable bonds is 4. The summed E-state index contributed by atoms with van der Waals surface area (Å²) < 4.78 is 23.9. The van der Waals surface area contributed by atoms with Gasteiger partial charge in [-0.05, 0) is 24.3 Å². The molecule has 0 unspecified atom stereocenters. The monoisotopic (exact) mass is 269 g/mol. The molecule has 1 saturated heterocycles. The molecule has 0 aromatic heterocycles. The molecule has 0 amide bonds. The molecule has 2 rings (SSSR count). The molecule has 1 aliphatic rings. The lowest BCUT2D eigenvalue weighted by Crippen LogP contribution is -2.38. The van der Waals surface area contributed by atoms with E-state index < -0.39 is 10.8 Å². The van der Waals surface area contributed by atoms with Crippen molar-refractivity contribution >= 4 is 16.6 Å². The lowest BCUT2D eigenvalue weighted by atomic mass is 10.1. The molecule has 0 aliphatic carbocycles. The van der Waals surface area contributed by atoms with E-state index in [0.29, 0.717) is 30.0 Å². The molecular formula is C13H16FNO2S. The fourth-order valence-corrected chi connectivity index (χ4v) is 3.07. The van der Waals surface area contributed by atoms with Gasteiger partial charge in [0, 0.05) is 53.9 Å². The Kier molecular flexibility index (Phi) is 4.60. The maximum absolute atomic E-state index is 12.7. The van der Waals surface area contributed by atoms with E-state index in [0.717, 1.165) is 13.1 Å². The zero-order valence-corrected chi connectivity index (χ0v) is 10.9.